The molecule has 2 aromatic heterocycles. The lowest BCUT2D eigenvalue weighted by atomic mass is 10.2. The fourth-order valence-corrected chi connectivity index (χ4v) is 3.92. The van der Waals surface area contributed by atoms with Gasteiger partial charge in [0.25, 0.3) is 0 Å². The molecule has 0 radical (unpaired) electrons. The lowest BCUT2D eigenvalue weighted by molar-refractivity contribution is 0.209. The SMILES string of the molecule is Cc1nc(CN2CCn3c(nnc3-c3ccccc3)C2)sc1C. The van der Waals surface area contributed by atoms with Crippen LogP contribution in [-0.2, 0) is 19.6 Å². The summed E-state index contributed by atoms with van der Waals surface area (Å²) in [6.45, 7) is 7.87. The quantitative estimate of drug-likeness (QED) is 0.742. The van der Waals surface area contributed by atoms with Crippen molar-refractivity contribution in [3.05, 3.63) is 51.7 Å². The lowest BCUT2D eigenvalue weighted by Crippen LogP contribution is -2.33. The van der Waals surface area contributed by atoms with Gasteiger partial charge in [0.15, 0.2) is 5.82 Å². The van der Waals surface area contributed by atoms with Gasteiger partial charge in [0.1, 0.15) is 10.8 Å². The first-order chi connectivity index (χ1) is 11.2. The summed E-state index contributed by atoms with van der Waals surface area (Å²) in [6, 6.07) is 10.3. The Morgan fingerprint density at radius 1 is 1.09 bits per heavy atom. The molecule has 0 atom stereocenters. The minimum Gasteiger partial charge on any atom is -0.309 e. The van der Waals surface area contributed by atoms with E-state index in [1.54, 1.807) is 11.3 Å². The van der Waals surface area contributed by atoms with Crippen LogP contribution in [0, 0.1) is 13.8 Å². The molecule has 23 heavy (non-hydrogen) atoms. The van der Waals surface area contributed by atoms with Crippen molar-refractivity contribution in [2.24, 2.45) is 0 Å². The van der Waals surface area contributed by atoms with Gasteiger partial charge in [0.05, 0.1) is 18.8 Å². The van der Waals surface area contributed by atoms with Crippen molar-refractivity contribution in [2.75, 3.05) is 6.54 Å². The van der Waals surface area contributed by atoms with Gasteiger partial charge in [-0.2, -0.15) is 0 Å². The van der Waals surface area contributed by atoms with Crippen LogP contribution >= 0.6 is 11.3 Å². The molecule has 0 unspecified atom stereocenters. The first-order valence-corrected chi connectivity index (χ1v) is 8.65. The van der Waals surface area contributed by atoms with Crippen LogP contribution in [0.3, 0.4) is 0 Å². The Labute approximate surface area is 139 Å². The number of aryl methyl sites for hydroxylation is 2. The van der Waals surface area contributed by atoms with E-state index < -0.39 is 0 Å². The second-order valence-electron chi connectivity index (χ2n) is 5.92. The molecule has 5 nitrogen and oxygen atoms in total. The third-order valence-corrected chi connectivity index (χ3v) is 5.35. The Balaban J connectivity index is 1.53. The lowest BCUT2D eigenvalue weighted by Gasteiger charge is -2.26. The van der Waals surface area contributed by atoms with Crippen LogP contribution < -0.4 is 0 Å². The predicted molar refractivity (Wildman–Crippen MR) is 91.2 cm³/mol. The summed E-state index contributed by atoms with van der Waals surface area (Å²) in [5.41, 5.74) is 2.28. The molecule has 0 fully saturated rings. The van der Waals surface area contributed by atoms with E-state index in [1.165, 1.54) is 9.88 Å². The fraction of sp³-hybridized carbons (Fsp3) is 0.353. The van der Waals surface area contributed by atoms with Gasteiger partial charge in [0.2, 0.25) is 0 Å². The van der Waals surface area contributed by atoms with Gasteiger partial charge in [-0.15, -0.1) is 21.5 Å². The molecular weight excluding hydrogens is 306 g/mol. The third-order valence-electron chi connectivity index (χ3n) is 4.30. The Bertz CT molecular complexity index is 801. The molecule has 3 aromatic rings. The second-order valence-corrected chi connectivity index (χ2v) is 7.21. The van der Waals surface area contributed by atoms with Crippen LogP contribution in [0.5, 0.6) is 0 Å². The van der Waals surface area contributed by atoms with E-state index in [2.05, 4.69) is 50.6 Å². The zero-order chi connectivity index (χ0) is 15.8. The average molecular weight is 325 g/mol. The number of rotatable bonds is 3. The number of fused-ring (bicyclic) bond motifs is 1. The Kier molecular flexibility index (Phi) is 3.71. The molecular formula is C17H19N5S. The number of hydrogen-bond donors (Lipinski definition) is 0. The normalized spacial score (nSPS) is 14.9. The van der Waals surface area contributed by atoms with E-state index in [1.807, 2.05) is 18.2 Å². The van der Waals surface area contributed by atoms with Gasteiger partial charge in [-0.3, -0.25) is 4.90 Å². The van der Waals surface area contributed by atoms with Crippen molar-refractivity contribution in [1.29, 1.82) is 0 Å². The molecule has 0 bridgehead atoms. The third kappa shape index (κ3) is 2.80. The minimum atomic E-state index is 0.831. The predicted octanol–water partition coefficient (Wildman–Crippen LogP) is 3.03. The van der Waals surface area contributed by atoms with Crippen molar-refractivity contribution >= 4 is 11.3 Å². The first kappa shape index (κ1) is 14.5. The van der Waals surface area contributed by atoms with Crippen LogP contribution in [-0.4, -0.2) is 31.2 Å². The van der Waals surface area contributed by atoms with Gasteiger partial charge in [0, 0.05) is 23.5 Å². The van der Waals surface area contributed by atoms with Crippen molar-refractivity contribution < 1.29 is 0 Å². The number of hydrogen-bond acceptors (Lipinski definition) is 5. The molecule has 3 heterocycles. The van der Waals surface area contributed by atoms with Crippen molar-refractivity contribution in [1.82, 2.24) is 24.6 Å². The Morgan fingerprint density at radius 2 is 1.91 bits per heavy atom. The summed E-state index contributed by atoms with van der Waals surface area (Å²) < 4.78 is 2.24. The topological polar surface area (TPSA) is 46.8 Å². The van der Waals surface area contributed by atoms with Gasteiger partial charge in [-0.05, 0) is 13.8 Å². The summed E-state index contributed by atoms with van der Waals surface area (Å²) in [4.78, 5) is 8.36. The van der Waals surface area contributed by atoms with E-state index >= 15 is 0 Å². The smallest absolute Gasteiger partial charge is 0.164 e. The zero-order valence-corrected chi connectivity index (χ0v) is 14.2. The molecule has 118 valence electrons. The highest BCUT2D eigenvalue weighted by Gasteiger charge is 2.22. The van der Waals surface area contributed by atoms with Gasteiger partial charge < -0.3 is 4.57 Å². The van der Waals surface area contributed by atoms with Crippen molar-refractivity contribution in [2.45, 2.75) is 33.5 Å². The summed E-state index contributed by atoms with van der Waals surface area (Å²) >= 11 is 1.80. The largest absolute Gasteiger partial charge is 0.309 e. The van der Waals surface area contributed by atoms with Crippen LogP contribution in [0.25, 0.3) is 11.4 Å². The molecule has 0 saturated heterocycles. The molecule has 0 aliphatic carbocycles. The highest BCUT2D eigenvalue weighted by molar-refractivity contribution is 7.11. The number of nitrogens with zero attached hydrogens (tertiary/aromatic N) is 5. The summed E-state index contributed by atoms with van der Waals surface area (Å²) in [5.74, 6) is 2.02. The highest BCUT2D eigenvalue weighted by Crippen LogP contribution is 2.24. The summed E-state index contributed by atoms with van der Waals surface area (Å²) in [7, 11) is 0. The molecule has 4 rings (SSSR count). The van der Waals surface area contributed by atoms with Crippen molar-refractivity contribution in [3.63, 3.8) is 0 Å². The highest BCUT2D eigenvalue weighted by atomic mass is 32.1. The number of benzene rings is 1. The van der Waals surface area contributed by atoms with Crippen LogP contribution in [0.2, 0.25) is 0 Å². The molecule has 0 spiro atoms. The zero-order valence-electron chi connectivity index (χ0n) is 13.4. The maximum absolute atomic E-state index is 4.65. The van der Waals surface area contributed by atoms with Crippen LogP contribution in [0.15, 0.2) is 30.3 Å². The first-order valence-electron chi connectivity index (χ1n) is 7.83. The molecule has 1 aromatic carbocycles. The summed E-state index contributed by atoms with van der Waals surface area (Å²) in [5, 5.41) is 9.99. The molecule has 0 amide bonds. The number of aromatic nitrogens is 4. The summed E-state index contributed by atoms with van der Waals surface area (Å²) in [6.07, 6.45) is 0. The maximum atomic E-state index is 4.65. The van der Waals surface area contributed by atoms with E-state index in [9.17, 15) is 0 Å². The molecule has 1 aliphatic rings. The van der Waals surface area contributed by atoms with Gasteiger partial charge in [-0.25, -0.2) is 4.98 Å². The van der Waals surface area contributed by atoms with Gasteiger partial charge >= 0.3 is 0 Å². The fourth-order valence-electron chi connectivity index (χ4n) is 2.94. The number of thiazole rings is 1. The van der Waals surface area contributed by atoms with E-state index in [-0.39, 0.29) is 0 Å². The van der Waals surface area contributed by atoms with E-state index in [0.717, 1.165) is 49.1 Å². The Hall–Kier alpha value is -2.05. The van der Waals surface area contributed by atoms with Gasteiger partial charge in [-0.1, -0.05) is 30.3 Å². The average Bonchev–Trinajstić information content (AvgIpc) is 3.11. The van der Waals surface area contributed by atoms with Crippen LogP contribution in [0.4, 0.5) is 0 Å². The minimum absolute atomic E-state index is 0.831. The molecule has 6 heteroatoms. The van der Waals surface area contributed by atoms with Crippen LogP contribution in [0.1, 0.15) is 21.4 Å². The van der Waals surface area contributed by atoms with E-state index in [0.29, 0.717) is 0 Å². The van der Waals surface area contributed by atoms with E-state index in [4.69, 9.17) is 0 Å². The Morgan fingerprint density at radius 3 is 2.65 bits per heavy atom. The maximum Gasteiger partial charge on any atom is 0.164 e. The van der Waals surface area contributed by atoms with Crippen molar-refractivity contribution in [3.8, 4) is 11.4 Å². The monoisotopic (exact) mass is 325 g/mol. The standard InChI is InChI=1S/C17H19N5S/c1-12-13(2)23-16(18-12)11-21-8-9-22-15(10-21)19-20-17(22)14-6-4-3-5-7-14/h3-7H,8-11H2,1-2H3. The molecule has 1 aliphatic heterocycles. The molecule has 0 N–H and O–H groups in total. The molecule has 0 saturated carbocycles. The second kappa shape index (κ2) is 5.86.